The van der Waals surface area contributed by atoms with Gasteiger partial charge in [0, 0.05) is 55.8 Å². The van der Waals surface area contributed by atoms with Crippen LogP contribution in [0, 0.1) is 11.7 Å². The van der Waals surface area contributed by atoms with Crippen molar-refractivity contribution in [1.29, 1.82) is 0 Å². The number of rotatable bonds is 6. The monoisotopic (exact) mass is 460 g/mol. The minimum atomic E-state index is -0.351. The number of fused-ring (bicyclic) bond motifs is 1. The van der Waals surface area contributed by atoms with Crippen molar-refractivity contribution in [3.63, 3.8) is 0 Å². The average molecular weight is 461 g/mol. The fourth-order valence-corrected chi connectivity index (χ4v) is 5.33. The lowest BCUT2D eigenvalue weighted by Gasteiger charge is -2.29. The van der Waals surface area contributed by atoms with Gasteiger partial charge >= 0.3 is 0 Å². The number of carbonyl (C=O) groups is 1. The molecule has 2 aliphatic rings. The van der Waals surface area contributed by atoms with Crippen LogP contribution in [0.3, 0.4) is 0 Å². The van der Waals surface area contributed by atoms with Crippen molar-refractivity contribution in [3.05, 3.63) is 65.5 Å². The van der Waals surface area contributed by atoms with Crippen LogP contribution in [0.1, 0.15) is 48.0 Å². The van der Waals surface area contributed by atoms with Crippen molar-refractivity contribution in [1.82, 2.24) is 20.5 Å². The molecule has 2 aromatic carbocycles. The molecule has 0 spiro atoms. The molecule has 1 aliphatic heterocycles. The Morgan fingerprint density at radius 1 is 1.06 bits per heavy atom. The normalized spacial score (nSPS) is 17.7. The second-order valence-corrected chi connectivity index (χ2v) is 9.58. The van der Waals surface area contributed by atoms with E-state index in [-0.39, 0.29) is 11.7 Å². The van der Waals surface area contributed by atoms with Crippen molar-refractivity contribution >= 4 is 16.8 Å². The number of aromatic nitrogens is 1. The summed E-state index contributed by atoms with van der Waals surface area (Å²) in [5.74, 6) is 0.0508. The zero-order valence-corrected chi connectivity index (χ0v) is 19.7. The summed E-state index contributed by atoms with van der Waals surface area (Å²) in [6.45, 7) is 4.92. The third-order valence-corrected chi connectivity index (χ3v) is 7.19. The van der Waals surface area contributed by atoms with Crippen LogP contribution in [0.25, 0.3) is 22.2 Å². The number of nitrogens with zero attached hydrogens (tertiary/aromatic N) is 2. The molecule has 2 N–H and O–H groups in total. The highest BCUT2D eigenvalue weighted by Gasteiger charge is 2.25. The molecule has 0 radical (unpaired) electrons. The van der Waals surface area contributed by atoms with E-state index in [0.29, 0.717) is 35.5 Å². The first-order chi connectivity index (χ1) is 16.7. The van der Waals surface area contributed by atoms with E-state index < -0.39 is 0 Å². The van der Waals surface area contributed by atoms with Gasteiger partial charge in [-0.05, 0) is 37.0 Å². The van der Waals surface area contributed by atoms with Crippen LogP contribution < -0.4 is 10.6 Å². The molecular formula is C28H33FN4O. The molecule has 0 unspecified atom stereocenters. The molecule has 34 heavy (non-hydrogen) atoms. The number of benzene rings is 2. The molecule has 6 heteroatoms. The highest BCUT2D eigenvalue weighted by atomic mass is 19.1. The van der Waals surface area contributed by atoms with Gasteiger partial charge in [-0.3, -0.25) is 9.69 Å². The first-order valence-electron chi connectivity index (χ1n) is 12.6. The number of pyridine rings is 1. The van der Waals surface area contributed by atoms with Crippen molar-refractivity contribution in [3.8, 4) is 11.3 Å². The summed E-state index contributed by atoms with van der Waals surface area (Å²) in [5.41, 5.74) is 3.87. The number of halogens is 1. The van der Waals surface area contributed by atoms with Gasteiger partial charge in [0.05, 0.1) is 16.8 Å². The average Bonchev–Trinajstić information content (AvgIpc) is 2.88. The van der Waals surface area contributed by atoms with Crippen LogP contribution in [0.2, 0.25) is 0 Å². The van der Waals surface area contributed by atoms with E-state index in [9.17, 15) is 9.18 Å². The van der Waals surface area contributed by atoms with E-state index in [1.54, 1.807) is 6.07 Å². The van der Waals surface area contributed by atoms with Crippen LogP contribution >= 0.6 is 0 Å². The minimum absolute atomic E-state index is 0.120. The summed E-state index contributed by atoms with van der Waals surface area (Å²) in [4.78, 5) is 21.1. The van der Waals surface area contributed by atoms with Gasteiger partial charge in [-0.25, -0.2) is 9.37 Å². The van der Waals surface area contributed by atoms with Gasteiger partial charge in [-0.15, -0.1) is 0 Å². The molecule has 0 bridgehead atoms. The van der Waals surface area contributed by atoms with E-state index in [2.05, 4.69) is 15.5 Å². The maximum absolute atomic E-state index is 14.4. The Bertz CT molecular complexity index is 1140. The molecule has 1 amide bonds. The van der Waals surface area contributed by atoms with Crippen LogP contribution in [-0.4, -0.2) is 48.5 Å². The number of hydrogen-bond donors (Lipinski definition) is 2. The summed E-state index contributed by atoms with van der Waals surface area (Å²) in [7, 11) is 0. The van der Waals surface area contributed by atoms with Crippen LogP contribution in [-0.2, 0) is 6.54 Å². The molecule has 1 aromatic heterocycles. The summed E-state index contributed by atoms with van der Waals surface area (Å²) in [5, 5.41) is 7.20. The molecule has 1 saturated heterocycles. The summed E-state index contributed by atoms with van der Waals surface area (Å²) in [6.07, 6.45) is 6.07. The predicted molar refractivity (Wildman–Crippen MR) is 134 cm³/mol. The largest absolute Gasteiger partial charge is 0.352 e. The number of nitrogens with one attached hydrogen (secondary N) is 2. The number of carbonyl (C=O) groups excluding carboxylic acids is 1. The van der Waals surface area contributed by atoms with Gasteiger partial charge in [-0.2, -0.15) is 0 Å². The highest BCUT2D eigenvalue weighted by molar-refractivity contribution is 6.09. The third kappa shape index (κ3) is 5.13. The van der Waals surface area contributed by atoms with E-state index in [4.69, 9.17) is 4.98 Å². The fourth-order valence-electron chi connectivity index (χ4n) is 5.33. The van der Waals surface area contributed by atoms with Crippen molar-refractivity contribution < 1.29 is 9.18 Å². The molecule has 3 aromatic rings. The SMILES string of the molecule is O=C(NCC1CCCCC1)c1c(CN2CCNCC2)c(-c2ccccc2)nc2ccc(F)cc12. The van der Waals surface area contributed by atoms with Gasteiger partial charge in [0.15, 0.2) is 0 Å². The van der Waals surface area contributed by atoms with Crippen LogP contribution in [0.5, 0.6) is 0 Å². The van der Waals surface area contributed by atoms with Gasteiger partial charge in [-0.1, -0.05) is 49.6 Å². The van der Waals surface area contributed by atoms with E-state index in [1.807, 2.05) is 30.3 Å². The lowest BCUT2D eigenvalue weighted by molar-refractivity contribution is 0.0943. The minimum Gasteiger partial charge on any atom is -0.352 e. The van der Waals surface area contributed by atoms with Gasteiger partial charge < -0.3 is 10.6 Å². The number of hydrogen-bond acceptors (Lipinski definition) is 4. The Morgan fingerprint density at radius 3 is 2.59 bits per heavy atom. The second kappa shape index (κ2) is 10.6. The van der Waals surface area contributed by atoms with Crippen LogP contribution in [0.4, 0.5) is 4.39 Å². The molecule has 2 fully saturated rings. The van der Waals surface area contributed by atoms with Crippen molar-refractivity contribution in [2.75, 3.05) is 32.7 Å². The summed E-state index contributed by atoms with van der Waals surface area (Å²) < 4.78 is 14.4. The lowest BCUT2D eigenvalue weighted by atomic mass is 9.89. The molecule has 5 rings (SSSR count). The van der Waals surface area contributed by atoms with E-state index in [0.717, 1.165) is 55.8 Å². The molecule has 2 heterocycles. The Kier molecular flexibility index (Phi) is 7.16. The van der Waals surface area contributed by atoms with Crippen molar-refractivity contribution in [2.45, 2.75) is 38.6 Å². The Labute approximate surface area is 200 Å². The van der Waals surface area contributed by atoms with E-state index in [1.165, 1.54) is 31.4 Å². The zero-order valence-electron chi connectivity index (χ0n) is 19.7. The van der Waals surface area contributed by atoms with Gasteiger partial charge in [0.2, 0.25) is 0 Å². The standard InChI is InChI=1S/C28H33FN4O/c29-22-11-12-25-23(17-22)26(28(34)31-18-20-7-3-1-4-8-20)24(19-33-15-13-30-14-16-33)27(32-25)21-9-5-2-6-10-21/h2,5-6,9-12,17,20,30H,1,3-4,7-8,13-16,18-19H2,(H,31,34). The Balaban J connectivity index is 1.60. The van der Waals surface area contributed by atoms with Crippen molar-refractivity contribution in [2.24, 2.45) is 5.92 Å². The smallest absolute Gasteiger partial charge is 0.252 e. The zero-order chi connectivity index (χ0) is 23.3. The third-order valence-electron chi connectivity index (χ3n) is 7.19. The lowest BCUT2D eigenvalue weighted by Crippen LogP contribution is -2.43. The fraction of sp³-hybridized carbons (Fsp3) is 0.429. The maximum atomic E-state index is 14.4. The van der Waals surface area contributed by atoms with Gasteiger partial charge in [0.25, 0.3) is 5.91 Å². The Hall–Kier alpha value is -2.83. The maximum Gasteiger partial charge on any atom is 0.252 e. The first-order valence-corrected chi connectivity index (χ1v) is 12.6. The molecule has 1 saturated carbocycles. The highest BCUT2D eigenvalue weighted by Crippen LogP contribution is 2.32. The molecular weight excluding hydrogens is 427 g/mol. The molecule has 1 aliphatic carbocycles. The van der Waals surface area contributed by atoms with Crippen LogP contribution in [0.15, 0.2) is 48.5 Å². The quantitative estimate of drug-likeness (QED) is 0.557. The van der Waals surface area contributed by atoms with Gasteiger partial charge in [0.1, 0.15) is 5.82 Å². The Morgan fingerprint density at radius 2 is 1.82 bits per heavy atom. The predicted octanol–water partition coefficient (Wildman–Crippen LogP) is 4.76. The second-order valence-electron chi connectivity index (χ2n) is 9.58. The number of amides is 1. The summed E-state index contributed by atoms with van der Waals surface area (Å²) in [6, 6.07) is 14.6. The summed E-state index contributed by atoms with van der Waals surface area (Å²) >= 11 is 0. The topological polar surface area (TPSA) is 57.3 Å². The molecule has 5 nitrogen and oxygen atoms in total. The molecule has 0 atom stereocenters. The molecule has 178 valence electrons. The number of piperazine rings is 1. The van der Waals surface area contributed by atoms with E-state index >= 15 is 0 Å². The first kappa shape index (κ1) is 22.9.